The zero-order valence-electron chi connectivity index (χ0n) is 10.3. The number of ether oxygens (including phenoxy) is 1. The van der Waals surface area contributed by atoms with Crippen molar-refractivity contribution in [3.63, 3.8) is 0 Å². The molecular weight excluding hydrogens is 319 g/mol. The summed E-state index contributed by atoms with van der Waals surface area (Å²) in [5.74, 6) is -0.143. The SMILES string of the molecule is O=S(=O)(CCCl)NCc1ccc(OCC(F)(F)F)cc1. The minimum atomic E-state index is -4.39. The third kappa shape index (κ3) is 6.97. The Kier molecular flexibility index (Phi) is 6.09. The predicted molar refractivity (Wildman–Crippen MR) is 69.3 cm³/mol. The molecule has 0 fully saturated rings. The molecule has 0 bridgehead atoms. The maximum absolute atomic E-state index is 11.9. The van der Waals surface area contributed by atoms with Crippen molar-refractivity contribution in [2.24, 2.45) is 0 Å². The molecule has 20 heavy (non-hydrogen) atoms. The van der Waals surface area contributed by atoms with Gasteiger partial charge in [0.05, 0.1) is 5.75 Å². The number of sulfonamides is 1. The lowest BCUT2D eigenvalue weighted by Gasteiger charge is -2.10. The van der Waals surface area contributed by atoms with Crippen LogP contribution in [-0.2, 0) is 16.6 Å². The fourth-order valence-corrected chi connectivity index (χ4v) is 2.58. The normalized spacial score (nSPS) is 12.4. The molecule has 9 heteroatoms. The summed E-state index contributed by atoms with van der Waals surface area (Å²) in [4.78, 5) is 0. The average molecular weight is 332 g/mol. The van der Waals surface area contributed by atoms with Crippen LogP contribution in [0.15, 0.2) is 24.3 Å². The first-order valence-electron chi connectivity index (χ1n) is 5.54. The molecule has 114 valence electrons. The van der Waals surface area contributed by atoms with Gasteiger partial charge in [0.1, 0.15) is 5.75 Å². The molecule has 0 unspecified atom stereocenters. The minimum Gasteiger partial charge on any atom is -0.484 e. The molecule has 0 aliphatic carbocycles. The summed E-state index contributed by atoms with van der Waals surface area (Å²) in [6.07, 6.45) is -4.39. The Hall–Kier alpha value is -0.990. The Labute approximate surface area is 119 Å². The summed E-state index contributed by atoms with van der Waals surface area (Å²) < 4.78 is 65.3. The van der Waals surface area contributed by atoms with E-state index in [1.165, 1.54) is 24.3 Å². The number of benzene rings is 1. The van der Waals surface area contributed by atoms with Crippen LogP contribution < -0.4 is 9.46 Å². The zero-order valence-corrected chi connectivity index (χ0v) is 11.9. The number of hydrogen-bond donors (Lipinski definition) is 1. The molecule has 1 N–H and O–H groups in total. The fourth-order valence-electron chi connectivity index (χ4n) is 1.24. The first-order chi connectivity index (χ1) is 9.22. The maximum Gasteiger partial charge on any atom is 0.422 e. The fraction of sp³-hybridized carbons (Fsp3) is 0.455. The Morgan fingerprint density at radius 1 is 1.20 bits per heavy atom. The van der Waals surface area contributed by atoms with Gasteiger partial charge in [-0.1, -0.05) is 12.1 Å². The van der Waals surface area contributed by atoms with Crippen LogP contribution in [0.25, 0.3) is 0 Å². The predicted octanol–water partition coefficient (Wildman–Crippen LogP) is 2.29. The number of rotatable bonds is 7. The van der Waals surface area contributed by atoms with Crippen molar-refractivity contribution in [3.8, 4) is 5.75 Å². The van der Waals surface area contributed by atoms with E-state index in [-0.39, 0.29) is 23.9 Å². The van der Waals surface area contributed by atoms with E-state index in [2.05, 4.69) is 9.46 Å². The van der Waals surface area contributed by atoms with Gasteiger partial charge in [0, 0.05) is 12.4 Å². The molecule has 0 aromatic heterocycles. The van der Waals surface area contributed by atoms with E-state index in [0.717, 1.165) is 0 Å². The van der Waals surface area contributed by atoms with Crippen molar-refractivity contribution in [3.05, 3.63) is 29.8 Å². The minimum absolute atomic E-state index is 0.0143. The van der Waals surface area contributed by atoms with Gasteiger partial charge in [0.2, 0.25) is 10.0 Å². The lowest BCUT2D eigenvalue weighted by Crippen LogP contribution is -2.26. The van der Waals surface area contributed by atoms with E-state index in [0.29, 0.717) is 5.56 Å². The molecule has 1 aromatic rings. The largest absolute Gasteiger partial charge is 0.484 e. The summed E-state index contributed by atoms with van der Waals surface area (Å²) in [5, 5.41) is 0. The van der Waals surface area contributed by atoms with Gasteiger partial charge < -0.3 is 4.74 Å². The molecule has 0 amide bonds. The lowest BCUT2D eigenvalue weighted by atomic mass is 10.2. The van der Waals surface area contributed by atoms with Gasteiger partial charge in [-0.25, -0.2) is 13.1 Å². The second-order valence-corrected chi connectivity index (χ2v) is 6.18. The summed E-state index contributed by atoms with van der Waals surface area (Å²) in [5.41, 5.74) is 0.600. The van der Waals surface area contributed by atoms with Crippen molar-refractivity contribution in [1.29, 1.82) is 0 Å². The summed E-state index contributed by atoms with van der Waals surface area (Å²) in [6, 6.07) is 5.65. The van der Waals surface area contributed by atoms with Crippen LogP contribution >= 0.6 is 11.6 Å². The molecule has 0 heterocycles. The van der Waals surface area contributed by atoms with Gasteiger partial charge in [-0.15, -0.1) is 11.6 Å². The van der Waals surface area contributed by atoms with Gasteiger partial charge in [0.25, 0.3) is 0 Å². The van der Waals surface area contributed by atoms with Gasteiger partial charge in [0.15, 0.2) is 6.61 Å². The molecule has 0 radical (unpaired) electrons. The van der Waals surface area contributed by atoms with Crippen LogP contribution in [0.3, 0.4) is 0 Å². The van der Waals surface area contributed by atoms with Crippen LogP contribution in [0.4, 0.5) is 13.2 Å². The Balaban J connectivity index is 2.51. The highest BCUT2D eigenvalue weighted by molar-refractivity contribution is 7.89. The Morgan fingerprint density at radius 3 is 2.30 bits per heavy atom. The standard InChI is InChI=1S/C11H13ClF3NO3S/c12-5-6-20(17,18)16-7-9-1-3-10(4-2-9)19-8-11(13,14)15/h1-4,16H,5-8H2. The highest BCUT2D eigenvalue weighted by Gasteiger charge is 2.28. The molecular formula is C11H13ClF3NO3S. The van der Waals surface area contributed by atoms with Crippen LogP contribution in [0.1, 0.15) is 5.56 Å². The monoisotopic (exact) mass is 331 g/mol. The number of hydrogen-bond acceptors (Lipinski definition) is 3. The second kappa shape index (κ2) is 7.14. The quantitative estimate of drug-likeness (QED) is 0.780. The van der Waals surface area contributed by atoms with Gasteiger partial charge >= 0.3 is 6.18 Å². The van der Waals surface area contributed by atoms with E-state index >= 15 is 0 Å². The third-order valence-corrected chi connectivity index (χ3v) is 3.91. The first-order valence-corrected chi connectivity index (χ1v) is 7.72. The third-order valence-electron chi connectivity index (χ3n) is 2.17. The number of nitrogens with one attached hydrogen (secondary N) is 1. The second-order valence-electron chi connectivity index (χ2n) is 3.88. The van der Waals surface area contributed by atoms with Gasteiger partial charge in [-0.3, -0.25) is 0 Å². The molecule has 0 saturated carbocycles. The Bertz CT molecular complexity index is 517. The summed E-state index contributed by atoms with van der Waals surface area (Å²) in [6.45, 7) is -1.33. The molecule has 0 aliphatic rings. The first kappa shape index (κ1) is 17.1. The van der Waals surface area contributed by atoms with Gasteiger partial charge in [-0.2, -0.15) is 13.2 Å². The van der Waals surface area contributed by atoms with Crippen LogP contribution in [-0.4, -0.2) is 32.8 Å². The van der Waals surface area contributed by atoms with Crippen molar-refractivity contribution < 1.29 is 26.3 Å². The topological polar surface area (TPSA) is 55.4 Å². The van der Waals surface area contributed by atoms with Crippen LogP contribution in [0.5, 0.6) is 5.75 Å². The highest BCUT2D eigenvalue weighted by atomic mass is 35.5. The van der Waals surface area contributed by atoms with E-state index in [4.69, 9.17) is 11.6 Å². The molecule has 1 aromatic carbocycles. The van der Waals surface area contributed by atoms with Crippen molar-refractivity contribution in [2.45, 2.75) is 12.7 Å². The van der Waals surface area contributed by atoms with E-state index in [9.17, 15) is 21.6 Å². The molecule has 0 atom stereocenters. The molecule has 0 aliphatic heterocycles. The summed E-state index contributed by atoms with van der Waals surface area (Å²) in [7, 11) is -3.43. The Morgan fingerprint density at radius 2 is 1.80 bits per heavy atom. The highest BCUT2D eigenvalue weighted by Crippen LogP contribution is 2.18. The van der Waals surface area contributed by atoms with Crippen molar-refractivity contribution in [1.82, 2.24) is 4.72 Å². The number of halogens is 4. The lowest BCUT2D eigenvalue weighted by molar-refractivity contribution is -0.153. The van der Waals surface area contributed by atoms with Gasteiger partial charge in [-0.05, 0) is 17.7 Å². The van der Waals surface area contributed by atoms with E-state index in [1.54, 1.807) is 0 Å². The smallest absolute Gasteiger partial charge is 0.422 e. The van der Waals surface area contributed by atoms with E-state index in [1.807, 2.05) is 0 Å². The molecule has 0 spiro atoms. The molecule has 1 rings (SSSR count). The summed E-state index contributed by atoms with van der Waals surface area (Å²) >= 11 is 5.33. The van der Waals surface area contributed by atoms with Crippen molar-refractivity contribution in [2.75, 3.05) is 18.2 Å². The number of alkyl halides is 4. The molecule has 4 nitrogen and oxygen atoms in total. The molecule has 0 saturated heterocycles. The van der Waals surface area contributed by atoms with Crippen LogP contribution in [0.2, 0.25) is 0 Å². The average Bonchev–Trinajstić information content (AvgIpc) is 2.34. The zero-order chi connectivity index (χ0) is 15.2. The maximum atomic E-state index is 11.9. The van der Waals surface area contributed by atoms with Crippen LogP contribution in [0, 0.1) is 0 Å². The van der Waals surface area contributed by atoms with E-state index < -0.39 is 22.8 Å². The van der Waals surface area contributed by atoms with Crippen molar-refractivity contribution >= 4 is 21.6 Å².